The number of rotatable bonds is 12. The first kappa shape index (κ1) is 32.6. The highest BCUT2D eigenvalue weighted by Gasteiger charge is 2.21. The van der Waals surface area contributed by atoms with Crippen molar-refractivity contribution in [2.45, 2.75) is 24.6 Å². The van der Waals surface area contributed by atoms with Crippen LogP contribution in [0.15, 0.2) is 100 Å². The molecular weight excluding hydrogens is 705 g/mol. The number of sulfone groups is 1. The number of pyridine rings is 2. The van der Waals surface area contributed by atoms with Crippen LogP contribution in [0, 0.1) is 5.82 Å². The minimum absolute atomic E-state index is 0.0493. The number of halogens is 2. The number of benzene rings is 2. The lowest BCUT2D eigenvalue weighted by molar-refractivity contribution is 0.276. The molecule has 4 heterocycles. The van der Waals surface area contributed by atoms with Crippen LogP contribution in [0.4, 0.5) is 15.9 Å². The lowest BCUT2D eigenvalue weighted by atomic mass is 10.2. The maximum Gasteiger partial charge on any atom is 0.196 e. The van der Waals surface area contributed by atoms with Crippen molar-refractivity contribution >= 4 is 59.5 Å². The Morgan fingerprint density at radius 1 is 1.02 bits per heavy atom. The van der Waals surface area contributed by atoms with E-state index in [-0.39, 0.29) is 29.2 Å². The van der Waals surface area contributed by atoms with Gasteiger partial charge in [-0.25, -0.2) is 32.7 Å². The fraction of sp³-hybridized carbons (Fsp3) is 0.182. The van der Waals surface area contributed by atoms with E-state index in [1.165, 1.54) is 42.1 Å². The van der Waals surface area contributed by atoms with Crippen LogP contribution in [0.1, 0.15) is 23.5 Å². The van der Waals surface area contributed by atoms with E-state index < -0.39 is 9.84 Å². The minimum atomic E-state index is -3.49. The smallest absolute Gasteiger partial charge is 0.196 e. The lowest BCUT2D eigenvalue weighted by Crippen LogP contribution is -2.28. The standard InChI is InChI=1S/C33H29BrFN7O3S2/c1-21(42(2)12-13-47(43,44)31-8-3-4-11-36-31)33-41-29(19-46-33)27-16-25-28(17-37-27)38-20-39-32(25)40-24-9-10-30(26(34)15-24)45-18-22-6-5-7-23(35)14-22/h3-11,14-17,19-21H,12-13,18H2,1-2H3,(H,38,39,40). The van der Waals surface area contributed by atoms with Crippen LogP contribution in [0.25, 0.3) is 22.3 Å². The van der Waals surface area contributed by atoms with Crippen molar-refractivity contribution in [3.63, 3.8) is 0 Å². The van der Waals surface area contributed by atoms with E-state index in [9.17, 15) is 12.8 Å². The average Bonchev–Trinajstić information content (AvgIpc) is 3.57. The predicted molar refractivity (Wildman–Crippen MR) is 184 cm³/mol. The molecule has 0 amide bonds. The largest absolute Gasteiger partial charge is 0.488 e. The van der Waals surface area contributed by atoms with Gasteiger partial charge in [0.2, 0.25) is 0 Å². The molecule has 6 rings (SSSR count). The zero-order valence-corrected chi connectivity index (χ0v) is 28.6. The van der Waals surface area contributed by atoms with E-state index in [4.69, 9.17) is 9.72 Å². The van der Waals surface area contributed by atoms with Crippen LogP contribution in [0.2, 0.25) is 0 Å². The summed E-state index contributed by atoms with van der Waals surface area (Å²) >= 11 is 5.06. The molecule has 0 saturated heterocycles. The lowest BCUT2D eigenvalue weighted by Gasteiger charge is -2.22. The molecule has 0 radical (unpaired) electrons. The Hall–Kier alpha value is -4.37. The van der Waals surface area contributed by atoms with Gasteiger partial charge in [-0.1, -0.05) is 18.2 Å². The van der Waals surface area contributed by atoms with E-state index in [1.807, 2.05) is 54.6 Å². The van der Waals surface area contributed by atoms with Crippen molar-refractivity contribution in [1.29, 1.82) is 0 Å². The monoisotopic (exact) mass is 733 g/mol. The molecule has 1 atom stereocenters. The Kier molecular flexibility index (Phi) is 9.82. The molecule has 10 nitrogen and oxygen atoms in total. The normalized spacial score (nSPS) is 12.4. The topological polar surface area (TPSA) is 123 Å². The zero-order chi connectivity index (χ0) is 33.0. The molecule has 0 aliphatic heterocycles. The van der Waals surface area contributed by atoms with E-state index in [0.29, 0.717) is 35.0 Å². The molecule has 0 aliphatic carbocycles. The Labute approximate surface area is 283 Å². The van der Waals surface area contributed by atoms with Gasteiger partial charge in [0.1, 0.15) is 35.3 Å². The van der Waals surface area contributed by atoms with Gasteiger partial charge >= 0.3 is 0 Å². The number of fused-ring (bicyclic) bond motifs is 1. The number of nitrogens with one attached hydrogen (secondary N) is 1. The van der Waals surface area contributed by atoms with Crippen molar-refractivity contribution in [3.8, 4) is 17.1 Å². The summed E-state index contributed by atoms with van der Waals surface area (Å²) < 4.78 is 45.5. The third-order valence-corrected chi connectivity index (χ3v) is 10.7. The van der Waals surface area contributed by atoms with Crippen molar-refractivity contribution in [1.82, 2.24) is 29.8 Å². The van der Waals surface area contributed by atoms with E-state index >= 15 is 0 Å². The molecule has 1 N–H and O–H groups in total. The highest BCUT2D eigenvalue weighted by molar-refractivity contribution is 9.10. The molecular formula is C33H29BrFN7O3S2. The fourth-order valence-corrected chi connectivity index (χ4v) is 7.37. The van der Waals surface area contributed by atoms with Crippen LogP contribution in [-0.2, 0) is 16.4 Å². The summed E-state index contributed by atoms with van der Waals surface area (Å²) in [6.45, 7) is 2.55. The first-order valence-corrected chi connectivity index (χ1v) is 17.8. The van der Waals surface area contributed by atoms with Crippen molar-refractivity contribution in [3.05, 3.63) is 112 Å². The Bertz CT molecular complexity index is 2130. The SMILES string of the molecule is CC(c1nc(-c2cc3c(Nc4ccc(OCc5cccc(F)c5)c(Br)c4)ncnc3cn2)cs1)N(C)CCS(=O)(=O)c1ccccn1. The van der Waals surface area contributed by atoms with Gasteiger partial charge in [0.05, 0.1) is 39.4 Å². The Morgan fingerprint density at radius 2 is 1.89 bits per heavy atom. The number of anilines is 2. The second kappa shape index (κ2) is 14.2. The quantitative estimate of drug-likeness (QED) is 0.138. The van der Waals surface area contributed by atoms with E-state index in [2.05, 4.69) is 41.2 Å². The minimum Gasteiger partial charge on any atom is -0.488 e. The van der Waals surface area contributed by atoms with Gasteiger partial charge in [0.15, 0.2) is 14.9 Å². The second-order valence-corrected chi connectivity index (χ2v) is 14.5. The van der Waals surface area contributed by atoms with Gasteiger partial charge < -0.3 is 10.1 Å². The highest BCUT2D eigenvalue weighted by Crippen LogP contribution is 2.33. The summed E-state index contributed by atoms with van der Waals surface area (Å²) in [5, 5.41) is 6.98. The van der Waals surface area contributed by atoms with Gasteiger partial charge in [0.25, 0.3) is 0 Å². The van der Waals surface area contributed by atoms with Crippen LogP contribution < -0.4 is 10.1 Å². The molecule has 2 aromatic carbocycles. The van der Waals surface area contributed by atoms with E-state index in [1.54, 1.807) is 24.4 Å². The molecule has 14 heteroatoms. The number of nitrogens with zero attached hydrogens (tertiary/aromatic N) is 6. The fourth-order valence-electron chi connectivity index (χ4n) is 4.70. The molecule has 240 valence electrons. The summed E-state index contributed by atoms with van der Waals surface area (Å²) in [6, 6.07) is 18.5. The van der Waals surface area contributed by atoms with Gasteiger partial charge in [-0.3, -0.25) is 9.88 Å². The van der Waals surface area contributed by atoms with E-state index in [0.717, 1.165) is 26.1 Å². The second-order valence-electron chi connectivity index (χ2n) is 10.7. The molecule has 0 fully saturated rings. The average molecular weight is 735 g/mol. The number of thiazole rings is 1. The van der Waals surface area contributed by atoms with Crippen molar-refractivity contribution < 1.29 is 17.5 Å². The molecule has 0 bridgehead atoms. The third-order valence-electron chi connectivity index (χ3n) is 7.47. The highest BCUT2D eigenvalue weighted by atomic mass is 79.9. The number of hydrogen-bond donors (Lipinski definition) is 1. The van der Waals surface area contributed by atoms with Gasteiger partial charge in [0, 0.05) is 29.2 Å². The summed E-state index contributed by atoms with van der Waals surface area (Å²) in [6.07, 6.45) is 4.64. The Balaban J connectivity index is 1.15. The summed E-state index contributed by atoms with van der Waals surface area (Å²) in [5.74, 6) is 0.858. The summed E-state index contributed by atoms with van der Waals surface area (Å²) in [4.78, 5) is 24.3. The maximum atomic E-state index is 13.5. The van der Waals surface area contributed by atoms with Crippen molar-refractivity contribution in [2.24, 2.45) is 0 Å². The molecule has 47 heavy (non-hydrogen) atoms. The molecule has 0 saturated carbocycles. The van der Waals surface area contributed by atoms with Gasteiger partial charge in [-0.2, -0.15) is 0 Å². The van der Waals surface area contributed by atoms with Gasteiger partial charge in [-0.05, 0) is 84.0 Å². The van der Waals surface area contributed by atoms with Crippen LogP contribution in [-0.4, -0.2) is 57.6 Å². The summed E-state index contributed by atoms with van der Waals surface area (Å²) in [7, 11) is -1.61. The Morgan fingerprint density at radius 3 is 2.68 bits per heavy atom. The molecule has 0 aliphatic rings. The molecule has 0 spiro atoms. The summed E-state index contributed by atoms with van der Waals surface area (Å²) in [5.41, 5.74) is 3.53. The third kappa shape index (κ3) is 7.79. The predicted octanol–water partition coefficient (Wildman–Crippen LogP) is 7.23. The molecule has 1 unspecified atom stereocenters. The van der Waals surface area contributed by atoms with Crippen LogP contribution in [0.3, 0.4) is 0 Å². The number of hydrogen-bond acceptors (Lipinski definition) is 11. The maximum absolute atomic E-state index is 13.5. The molecule has 6 aromatic rings. The number of aromatic nitrogens is 5. The van der Waals surface area contributed by atoms with Crippen LogP contribution >= 0.6 is 27.3 Å². The first-order valence-electron chi connectivity index (χ1n) is 14.5. The van der Waals surface area contributed by atoms with Gasteiger partial charge in [-0.15, -0.1) is 11.3 Å². The molecule has 4 aromatic heterocycles. The first-order chi connectivity index (χ1) is 22.7. The van der Waals surface area contributed by atoms with Crippen LogP contribution in [0.5, 0.6) is 5.75 Å². The zero-order valence-electron chi connectivity index (χ0n) is 25.3. The number of ether oxygens (including phenoxy) is 1. The van der Waals surface area contributed by atoms with Crippen molar-refractivity contribution in [2.75, 3.05) is 24.7 Å².